The normalized spacial score (nSPS) is 50.6. The maximum atomic E-state index is 12.5. The summed E-state index contributed by atoms with van der Waals surface area (Å²) in [5, 5.41) is 3.43. The van der Waals surface area contributed by atoms with Crippen LogP contribution in [0.3, 0.4) is 0 Å². The molecule has 0 aromatic heterocycles. The van der Waals surface area contributed by atoms with Crippen LogP contribution in [-0.2, 0) is 0 Å². The largest absolute Gasteiger partial charge is 0.333 e. The smallest absolute Gasteiger partial charge is 0.318 e. The maximum Gasteiger partial charge on any atom is 0.318 e. The molecule has 6 aliphatic rings. The average molecular weight is 288 g/mol. The molecule has 0 aromatic carbocycles. The Kier molecular flexibility index (Phi) is 2.41. The molecule has 2 amide bonds. The van der Waals surface area contributed by atoms with Gasteiger partial charge in [0.05, 0.1) is 11.6 Å². The van der Waals surface area contributed by atoms with Crippen molar-refractivity contribution in [3.8, 4) is 0 Å². The summed E-state index contributed by atoms with van der Waals surface area (Å²) in [5.41, 5.74) is 0.0122. The first-order valence-electron chi connectivity index (χ1n) is 9.14. The number of carbonyl (C=O) groups is 1. The van der Waals surface area contributed by atoms with E-state index >= 15 is 0 Å². The molecular weight excluding hydrogens is 260 g/mol. The summed E-state index contributed by atoms with van der Waals surface area (Å²) in [4.78, 5) is 14.7. The summed E-state index contributed by atoms with van der Waals surface area (Å²) < 4.78 is 0. The molecule has 5 aliphatic carbocycles. The van der Waals surface area contributed by atoms with Gasteiger partial charge in [0.2, 0.25) is 0 Å². The second kappa shape index (κ2) is 3.97. The number of carbonyl (C=O) groups excluding carboxylic acids is 1. The second-order valence-electron chi connectivity index (χ2n) is 9.19. The van der Waals surface area contributed by atoms with Gasteiger partial charge in [0.1, 0.15) is 0 Å². The zero-order valence-corrected chi connectivity index (χ0v) is 13.3. The van der Waals surface area contributed by atoms with Crippen molar-refractivity contribution >= 4 is 6.03 Å². The van der Waals surface area contributed by atoms with Crippen LogP contribution in [0.4, 0.5) is 4.79 Å². The Bertz CT molecular complexity index is 454. The summed E-state index contributed by atoms with van der Waals surface area (Å²) in [5.74, 6) is 4.57. The standard InChI is InChI=1S/C18H28N2O/c1-18(2)16(19-17(21)20(18)14-3-4-14)15-12-6-10-5-11(8-12)9-13(15)7-10/h10-16H,3-9H2,1-2H3,(H,19,21). The summed E-state index contributed by atoms with van der Waals surface area (Å²) in [6.45, 7) is 4.64. The highest BCUT2D eigenvalue weighted by Crippen LogP contribution is 2.59. The number of urea groups is 1. The summed E-state index contributed by atoms with van der Waals surface area (Å²) in [6, 6.07) is 1.14. The van der Waals surface area contributed by atoms with Gasteiger partial charge in [-0.2, -0.15) is 0 Å². The predicted molar refractivity (Wildman–Crippen MR) is 81.8 cm³/mol. The maximum absolute atomic E-state index is 12.5. The SMILES string of the molecule is CC1(C)C(C2C3CC4CC(C3)CC2C4)NC(=O)N1C1CC1. The minimum Gasteiger partial charge on any atom is -0.333 e. The first-order valence-corrected chi connectivity index (χ1v) is 9.14. The Morgan fingerprint density at radius 2 is 1.57 bits per heavy atom. The molecule has 1 N–H and O–H groups in total. The molecule has 1 heterocycles. The Labute approximate surface area is 127 Å². The van der Waals surface area contributed by atoms with Gasteiger partial charge < -0.3 is 10.2 Å². The molecule has 6 rings (SSSR count). The van der Waals surface area contributed by atoms with E-state index in [0.717, 1.165) is 29.6 Å². The first kappa shape index (κ1) is 12.8. The van der Waals surface area contributed by atoms with Crippen molar-refractivity contribution in [3.63, 3.8) is 0 Å². The molecule has 0 radical (unpaired) electrons. The molecule has 1 unspecified atom stereocenters. The number of nitrogens with one attached hydrogen (secondary N) is 1. The third-order valence-corrected chi connectivity index (χ3v) is 7.48. The van der Waals surface area contributed by atoms with Crippen LogP contribution in [0.25, 0.3) is 0 Å². The molecule has 116 valence electrons. The fourth-order valence-electron chi connectivity index (χ4n) is 6.84. The van der Waals surface area contributed by atoms with Crippen LogP contribution < -0.4 is 5.32 Å². The quantitative estimate of drug-likeness (QED) is 0.830. The molecule has 6 fully saturated rings. The van der Waals surface area contributed by atoms with E-state index in [-0.39, 0.29) is 11.6 Å². The van der Waals surface area contributed by atoms with E-state index in [2.05, 4.69) is 24.1 Å². The van der Waals surface area contributed by atoms with Gasteiger partial charge in [-0.1, -0.05) is 0 Å². The van der Waals surface area contributed by atoms with Gasteiger partial charge >= 0.3 is 6.03 Å². The molecule has 3 heteroatoms. The van der Waals surface area contributed by atoms with Crippen molar-refractivity contribution in [1.82, 2.24) is 10.2 Å². The fraction of sp³-hybridized carbons (Fsp3) is 0.944. The van der Waals surface area contributed by atoms with E-state index in [4.69, 9.17) is 0 Å². The highest BCUT2D eigenvalue weighted by molar-refractivity contribution is 5.79. The number of amides is 2. The van der Waals surface area contributed by atoms with Gasteiger partial charge in [-0.05, 0) is 88.4 Å². The van der Waals surface area contributed by atoms with Crippen molar-refractivity contribution < 1.29 is 4.79 Å². The van der Waals surface area contributed by atoms with Crippen LogP contribution in [0.15, 0.2) is 0 Å². The van der Waals surface area contributed by atoms with Crippen molar-refractivity contribution in [3.05, 3.63) is 0 Å². The molecule has 4 bridgehead atoms. The highest BCUT2D eigenvalue weighted by atomic mass is 16.2. The lowest BCUT2D eigenvalue weighted by molar-refractivity contribution is -0.0621. The van der Waals surface area contributed by atoms with E-state index < -0.39 is 0 Å². The lowest BCUT2D eigenvalue weighted by Crippen LogP contribution is -2.58. The lowest BCUT2D eigenvalue weighted by Gasteiger charge is -2.57. The predicted octanol–water partition coefficient (Wildman–Crippen LogP) is 3.39. The van der Waals surface area contributed by atoms with Crippen molar-refractivity contribution in [1.29, 1.82) is 0 Å². The molecule has 1 atom stereocenters. The summed E-state index contributed by atoms with van der Waals surface area (Å²) in [6.07, 6.45) is 9.73. The van der Waals surface area contributed by atoms with Gasteiger partial charge in [0, 0.05) is 6.04 Å². The summed E-state index contributed by atoms with van der Waals surface area (Å²) in [7, 11) is 0. The first-order chi connectivity index (χ1) is 10.0. The van der Waals surface area contributed by atoms with Crippen LogP contribution in [0.5, 0.6) is 0 Å². The number of hydrogen-bond donors (Lipinski definition) is 1. The van der Waals surface area contributed by atoms with Crippen LogP contribution >= 0.6 is 0 Å². The van der Waals surface area contributed by atoms with E-state index in [0.29, 0.717) is 12.1 Å². The Hall–Kier alpha value is -0.730. The minimum atomic E-state index is 0.0122. The molecular formula is C18H28N2O. The molecule has 1 saturated heterocycles. The van der Waals surface area contributed by atoms with E-state index in [1.807, 2.05) is 0 Å². The molecule has 1 aliphatic heterocycles. The molecule has 21 heavy (non-hydrogen) atoms. The third-order valence-electron chi connectivity index (χ3n) is 7.48. The minimum absolute atomic E-state index is 0.0122. The zero-order valence-electron chi connectivity index (χ0n) is 13.3. The fourth-order valence-corrected chi connectivity index (χ4v) is 6.84. The van der Waals surface area contributed by atoms with Crippen LogP contribution in [0.2, 0.25) is 0 Å². The number of hydrogen-bond acceptors (Lipinski definition) is 1. The number of nitrogens with zero attached hydrogens (tertiary/aromatic N) is 1. The van der Waals surface area contributed by atoms with Gasteiger partial charge in [0.15, 0.2) is 0 Å². The number of rotatable bonds is 2. The van der Waals surface area contributed by atoms with Crippen LogP contribution in [0, 0.1) is 29.6 Å². The molecule has 3 nitrogen and oxygen atoms in total. The monoisotopic (exact) mass is 288 g/mol. The molecule has 0 spiro atoms. The zero-order chi connectivity index (χ0) is 14.4. The molecule has 0 aromatic rings. The third kappa shape index (κ3) is 1.69. The highest BCUT2D eigenvalue weighted by Gasteiger charge is 2.59. The molecule has 5 saturated carbocycles. The van der Waals surface area contributed by atoms with Crippen molar-refractivity contribution in [2.45, 2.75) is 76.4 Å². The van der Waals surface area contributed by atoms with Gasteiger partial charge in [-0.15, -0.1) is 0 Å². The van der Waals surface area contributed by atoms with E-state index in [9.17, 15) is 4.79 Å². The van der Waals surface area contributed by atoms with Crippen LogP contribution in [-0.4, -0.2) is 28.6 Å². The van der Waals surface area contributed by atoms with Crippen molar-refractivity contribution in [2.75, 3.05) is 0 Å². The van der Waals surface area contributed by atoms with E-state index in [1.54, 1.807) is 0 Å². The Balaban J connectivity index is 1.46. The van der Waals surface area contributed by atoms with Crippen molar-refractivity contribution in [2.24, 2.45) is 29.6 Å². The summed E-state index contributed by atoms with van der Waals surface area (Å²) >= 11 is 0. The van der Waals surface area contributed by atoms with E-state index in [1.165, 1.54) is 44.9 Å². The Morgan fingerprint density at radius 1 is 1.00 bits per heavy atom. The van der Waals surface area contributed by atoms with Gasteiger partial charge in [-0.25, -0.2) is 4.79 Å². The second-order valence-corrected chi connectivity index (χ2v) is 9.19. The lowest BCUT2D eigenvalue weighted by atomic mass is 9.49. The topological polar surface area (TPSA) is 32.3 Å². The van der Waals surface area contributed by atoms with Gasteiger partial charge in [-0.3, -0.25) is 0 Å². The average Bonchev–Trinajstić information content (AvgIpc) is 3.16. The van der Waals surface area contributed by atoms with Gasteiger partial charge in [0.25, 0.3) is 0 Å². The Morgan fingerprint density at radius 3 is 2.10 bits per heavy atom. The van der Waals surface area contributed by atoms with Crippen LogP contribution in [0.1, 0.15) is 58.8 Å².